The van der Waals surface area contributed by atoms with E-state index in [4.69, 9.17) is 0 Å². The monoisotopic (exact) mass is 371 g/mol. The molecule has 1 amide bonds. The normalized spacial score (nSPS) is 10.5. The molecule has 1 aromatic heterocycles. The zero-order valence-corrected chi connectivity index (χ0v) is 14.0. The topological polar surface area (TPSA) is 72.7 Å². The molecule has 0 saturated heterocycles. The molecule has 6 nitrogen and oxygen atoms in total. The number of aryl methyl sites for hydroxylation is 1. The van der Waals surface area contributed by atoms with Gasteiger partial charge in [-0.2, -0.15) is 4.80 Å². The molecule has 23 heavy (non-hydrogen) atoms. The molecule has 116 valence electrons. The number of anilines is 1. The van der Waals surface area contributed by atoms with Crippen molar-refractivity contribution < 1.29 is 4.79 Å². The summed E-state index contributed by atoms with van der Waals surface area (Å²) < 4.78 is 0.978. The standard InChI is InChI=1S/C16H14BrN5O/c1-11-3-2-4-14(9-11)18-15(23)10-22-20-16(19-21-22)12-5-7-13(17)8-6-12/h2-9H,10H2,1H3,(H,18,23). The summed E-state index contributed by atoms with van der Waals surface area (Å²) in [6, 6.07) is 15.2. The second-order valence-electron chi connectivity index (χ2n) is 5.07. The molecule has 0 atom stereocenters. The highest BCUT2D eigenvalue weighted by Gasteiger charge is 2.09. The van der Waals surface area contributed by atoms with Gasteiger partial charge in [0, 0.05) is 15.7 Å². The molecule has 0 aliphatic carbocycles. The number of hydrogen-bond acceptors (Lipinski definition) is 4. The van der Waals surface area contributed by atoms with Crippen LogP contribution in [0.25, 0.3) is 11.4 Å². The van der Waals surface area contributed by atoms with Gasteiger partial charge in [-0.3, -0.25) is 4.79 Å². The van der Waals surface area contributed by atoms with Crippen LogP contribution in [0, 0.1) is 6.92 Å². The average molecular weight is 372 g/mol. The molecule has 0 aliphatic heterocycles. The Bertz CT molecular complexity index is 828. The summed E-state index contributed by atoms with van der Waals surface area (Å²) in [5.74, 6) is 0.288. The number of carbonyl (C=O) groups excluding carboxylic acids is 1. The van der Waals surface area contributed by atoms with Crippen LogP contribution in [0.4, 0.5) is 5.69 Å². The Morgan fingerprint density at radius 1 is 1.22 bits per heavy atom. The van der Waals surface area contributed by atoms with Crippen LogP contribution in [0.5, 0.6) is 0 Å². The molecule has 7 heteroatoms. The van der Waals surface area contributed by atoms with E-state index in [-0.39, 0.29) is 12.5 Å². The highest BCUT2D eigenvalue weighted by Crippen LogP contribution is 2.17. The third-order valence-corrected chi connectivity index (χ3v) is 3.67. The van der Waals surface area contributed by atoms with Gasteiger partial charge in [0.15, 0.2) is 0 Å². The van der Waals surface area contributed by atoms with Gasteiger partial charge in [-0.15, -0.1) is 10.2 Å². The van der Waals surface area contributed by atoms with E-state index in [0.29, 0.717) is 5.82 Å². The molecule has 0 saturated carbocycles. The Hall–Kier alpha value is -2.54. The van der Waals surface area contributed by atoms with Crippen LogP contribution in [0.15, 0.2) is 53.0 Å². The molecule has 1 N–H and O–H groups in total. The number of amides is 1. The Labute approximate surface area is 141 Å². The van der Waals surface area contributed by atoms with Gasteiger partial charge < -0.3 is 5.32 Å². The number of nitrogens with zero attached hydrogens (tertiary/aromatic N) is 4. The fourth-order valence-corrected chi connectivity index (χ4v) is 2.34. The van der Waals surface area contributed by atoms with Crippen molar-refractivity contribution in [3.8, 4) is 11.4 Å². The lowest BCUT2D eigenvalue weighted by atomic mass is 10.2. The van der Waals surface area contributed by atoms with Crippen molar-refractivity contribution in [2.45, 2.75) is 13.5 Å². The number of aromatic nitrogens is 4. The largest absolute Gasteiger partial charge is 0.324 e. The number of halogens is 1. The quantitative estimate of drug-likeness (QED) is 0.764. The van der Waals surface area contributed by atoms with Gasteiger partial charge in [-0.05, 0) is 54.1 Å². The van der Waals surface area contributed by atoms with Gasteiger partial charge in [0.1, 0.15) is 6.54 Å². The van der Waals surface area contributed by atoms with Crippen molar-refractivity contribution >= 4 is 27.5 Å². The third-order valence-electron chi connectivity index (χ3n) is 3.14. The number of rotatable bonds is 4. The number of nitrogens with one attached hydrogen (secondary N) is 1. The molecule has 0 spiro atoms. The van der Waals surface area contributed by atoms with Crippen LogP contribution in [0.1, 0.15) is 5.56 Å². The van der Waals surface area contributed by atoms with E-state index >= 15 is 0 Å². The van der Waals surface area contributed by atoms with Crippen LogP contribution < -0.4 is 5.32 Å². The van der Waals surface area contributed by atoms with Gasteiger partial charge in [-0.1, -0.05) is 28.1 Å². The Morgan fingerprint density at radius 2 is 2.00 bits per heavy atom. The average Bonchev–Trinajstić information content (AvgIpc) is 2.96. The number of tetrazole rings is 1. The summed E-state index contributed by atoms with van der Waals surface area (Å²) in [6.07, 6.45) is 0. The van der Waals surface area contributed by atoms with Crippen molar-refractivity contribution in [1.29, 1.82) is 0 Å². The summed E-state index contributed by atoms with van der Waals surface area (Å²) in [6.45, 7) is 1.98. The molecule has 3 rings (SSSR count). The lowest BCUT2D eigenvalue weighted by Crippen LogP contribution is -2.20. The molecular weight excluding hydrogens is 358 g/mol. The van der Waals surface area contributed by atoms with Gasteiger partial charge in [0.2, 0.25) is 11.7 Å². The summed E-state index contributed by atoms with van der Waals surface area (Å²) in [7, 11) is 0. The summed E-state index contributed by atoms with van der Waals surface area (Å²) in [4.78, 5) is 13.3. The number of hydrogen-bond donors (Lipinski definition) is 1. The van der Waals surface area contributed by atoms with Gasteiger partial charge in [-0.25, -0.2) is 0 Å². The minimum atomic E-state index is -0.199. The van der Waals surface area contributed by atoms with Crippen LogP contribution >= 0.6 is 15.9 Å². The molecule has 1 heterocycles. The molecule has 0 aliphatic rings. The molecule has 0 bridgehead atoms. The van der Waals surface area contributed by atoms with Crippen LogP contribution in [0.3, 0.4) is 0 Å². The molecular formula is C16H14BrN5O. The van der Waals surface area contributed by atoms with Crippen LogP contribution in [0.2, 0.25) is 0 Å². The predicted molar refractivity (Wildman–Crippen MR) is 90.8 cm³/mol. The maximum atomic E-state index is 12.0. The zero-order chi connectivity index (χ0) is 16.2. The first-order chi connectivity index (χ1) is 11.1. The van der Waals surface area contributed by atoms with E-state index < -0.39 is 0 Å². The Kier molecular flexibility index (Phi) is 4.47. The fourth-order valence-electron chi connectivity index (χ4n) is 2.08. The zero-order valence-electron chi connectivity index (χ0n) is 12.4. The molecule has 0 fully saturated rings. The van der Waals surface area contributed by atoms with E-state index in [1.165, 1.54) is 4.80 Å². The Morgan fingerprint density at radius 3 is 2.74 bits per heavy atom. The van der Waals surface area contributed by atoms with Crippen LogP contribution in [-0.4, -0.2) is 26.1 Å². The van der Waals surface area contributed by atoms with Crippen molar-refractivity contribution in [2.75, 3.05) is 5.32 Å². The second kappa shape index (κ2) is 6.70. The predicted octanol–water partition coefficient (Wildman–Crippen LogP) is 3.05. The second-order valence-corrected chi connectivity index (χ2v) is 5.98. The number of carbonyl (C=O) groups is 1. The van der Waals surface area contributed by atoms with Gasteiger partial charge in [0.05, 0.1) is 0 Å². The Balaban J connectivity index is 1.66. The van der Waals surface area contributed by atoms with E-state index in [0.717, 1.165) is 21.3 Å². The van der Waals surface area contributed by atoms with Gasteiger partial charge >= 0.3 is 0 Å². The molecule has 0 radical (unpaired) electrons. The minimum absolute atomic E-state index is 0.0114. The fraction of sp³-hybridized carbons (Fsp3) is 0.125. The van der Waals surface area contributed by atoms with E-state index in [1.54, 1.807) is 0 Å². The van der Waals surface area contributed by atoms with E-state index in [1.807, 2.05) is 55.5 Å². The SMILES string of the molecule is Cc1cccc(NC(=O)Cn2nnc(-c3ccc(Br)cc3)n2)c1. The van der Waals surface area contributed by atoms with E-state index in [2.05, 4.69) is 36.7 Å². The van der Waals surface area contributed by atoms with E-state index in [9.17, 15) is 4.79 Å². The smallest absolute Gasteiger partial charge is 0.248 e. The maximum absolute atomic E-state index is 12.0. The van der Waals surface area contributed by atoms with Gasteiger partial charge in [0.25, 0.3) is 0 Å². The molecule has 0 unspecified atom stereocenters. The third kappa shape index (κ3) is 4.01. The first-order valence-corrected chi connectivity index (χ1v) is 7.80. The molecule has 2 aromatic carbocycles. The lowest BCUT2D eigenvalue weighted by molar-refractivity contribution is -0.117. The minimum Gasteiger partial charge on any atom is -0.324 e. The first-order valence-electron chi connectivity index (χ1n) is 7.00. The number of benzene rings is 2. The molecule has 3 aromatic rings. The van der Waals surface area contributed by atoms with Crippen molar-refractivity contribution in [3.05, 3.63) is 58.6 Å². The summed E-state index contributed by atoms with van der Waals surface area (Å²) >= 11 is 3.38. The maximum Gasteiger partial charge on any atom is 0.248 e. The van der Waals surface area contributed by atoms with Crippen molar-refractivity contribution in [1.82, 2.24) is 20.2 Å². The summed E-state index contributed by atoms with van der Waals surface area (Å²) in [5, 5.41) is 14.9. The van der Waals surface area contributed by atoms with Crippen molar-refractivity contribution in [3.63, 3.8) is 0 Å². The van der Waals surface area contributed by atoms with Crippen LogP contribution in [-0.2, 0) is 11.3 Å². The highest BCUT2D eigenvalue weighted by atomic mass is 79.9. The summed E-state index contributed by atoms with van der Waals surface area (Å²) in [5.41, 5.74) is 2.68. The highest BCUT2D eigenvalue weighted by molar-refractivity contribution is 9.10. The van der Waals surface area contributed by atoms with Crippen molar-refractivity contribution in [2.24, 2.45) is 0 Å². The lowest BCUT2D eigenvalue weighted by Gasteiger charge is -2.04. The first kappa shape index (κ1) is 15.4.